The van der Waals surface area contributed by atoms with Crippen molar-refractivity contribution in [1.82, 2.24) is 0 Å². The van der Waals surface area contributed by atoms with Gasteiger partial charge in [0.25, 0.3) is 0 Å². The number of hydrogen-bond acceptors (Lipinski definition) is 5. The molecule has 0 radical (unpaired) electrons. The number of amides is 1. The maximum absolute atomic E-state index is 13.3. The normalized spacial score (nSPS) is 15.0. The second-order valence-corrected chi connectivity index (χ2v) is 8.98. The van der Waals surface area contributed by atoms with Crippen molar-refractivity contribution in [1.29, 1.82) is 0 Å². The summed E-state index contributed by atoms with van der Waals surface area (Å²) in [6, 6.07) is 16.9. The monoisotopic (exact) mass is 480 g/mol. The molecule has 0 bridgehead atoms. The first-order valence-electron chi connectivity index (χ1n) is 10.9. The van der Waals surface area contributed by atoms with E-state index in [0.717, 1.165) is 35.1 Å². The standard InChI is InChI=1S/C26H23ClN2O5.H2/c1-15-2-5-18(12-19(15)16-3-6-21(20(27)10-16)28-13-24(30)31)29-25(32)26(8-9-26)17-4-7-22-23(11-17)34-14-33-22;/h2-7,10-12,28H,8-9,13-14H2,1H3,(H,29,32)(H,30,31);1H. The van der Waals surface area contributed by atoms with Crippen LogP contribution in [-0.4, -0.2) is 30.3 Å². The van der Waals surface area contributed by atoms with E-state index in [2.05, 4.69) is 10.6 Å². The van der Waals surface area contributed by atoms with Crippen LogP contribution in [0.3, 0.4) is 0 Å². The molecule has 7 nitrogen and oxygen atoms in total. The number of carbonyl (C=O) groups is 2. The van der Waals surface area contributed by atoms with Gasteiger partial charge in [-0.1, -0.05) is 29.8 Å². The van der Waals surface area contributed by atoms with Gasteiger partial charge in [-0.05, 0) is 78.4 Å². The van der Waals surface area contributed by atoms with Gasteiger partial charge in [-0.25, -0.2) is 0 Å². The Labute approximate surface area is 203 Å². The van der Waals surface area contributed by atoms with Crippen LogP contribution in [0.5, 0.6) is 11.5 Å². The highest BCUT2D eigenvalue weighted by atomic mass is 35.5. The fraction of sp³-hybridized carbons (Fsp3) is 0.231. The zero-order chi connectivity index (χ0) is 23.9. The first kappa shape index (κ1) is 22.1. The van der Waals surface area contributed by atoms with Crippen molar-refractivity contribution >= 4 is 34.9 Å². The highest BCUT2D eigenvalue weighted by Gasteiger charge is 2.51. The average molecular weight is 481 g/mol. The van der Waals surface area contributed by atoms with Gasteiger partial charge >= 0.3 is 5.97 Å². The Kier molecular flexibility index (Phi) is 5.57. The Morgan fingerprint density at radius 2 is 1.85 bits per heavy atom. The summed E-state index contributed by atoms with van der Waals surface area (Å²) in [6.07, 6.45) is 1.55. The summed E-state index contributed by atoms with van der Waals surface area (Å²) >= 11 is 6.37. The van der Waals surface area contributed by atoms with Crippen molar-refractivity contribution in [2.75, 3.05) is 24.0 Å². The minimum Gasteiger partial charge on any atom is -0.480 e. The summed E-state index contributed by atoms with van der Waals surface area (Å²) in [6.45, 7) is 1.97. The van der Waals surface area contributed by atoms with Crippen molar-refractivity contribution in [2.24, 2.45) is 0 Å². The van der Waals surface area contributed by atoms with Gasteiger partial charge in [-0.15, -0.1) is 0 Å². The number of carboxylic acid groups (broad SMARTS) is 1. The maximum Gasteiger partial charge on any atom is 0.322 e. The number of halogens is 1. The van der Waals surface area contributed by atoms with E-state index >= 15 is 0 Å². The summed E-state index contributed by atoms with van der Waals surface area (Å²) in [4.78, 5) is 24.1. The van der Waals surface area contributed by atoms with Gasteiger partial charge in [-0.2, -0.15) is 0 Å². The molecule has 3 N–H and O–H groups in total. The Morgan fingerprint density at radius 3 is 2.59 bits per heavy atom. The van der Waals surface area contributed by atoms with Gasteiger partial charge in [0.15, 0.2) is 11.5 Å². The Bertz CT molecular complexity index is 1310. The quantitative estimate of drug-likeness (QED) is 0.415. The molecule has 8 heteroatoms. The van der Waals surface area contributed by atoms with Gasteiger partial charge in [0.2, 0.25) is 12.7 Å². The first-order valence-corrected chi connectivity index (χ1v) is 11.3. The summed E-state index contributed by atoms with van der Waals surface area (Å²) in [5.74, 6) is 0.361. The number of carboxylic acids is 1. The minimum absolute atomic E-state index is 0. The molecular weight excluding hydrogens is 456 g/mol. The molecule has 1 amide bonds. The van der Waals surface area contributed by atoms with Gasteiger partial charge in [0.05, 0.1) is 16.1 Å². The van der Waals surface area contributed by atoms with Crippen LogP contribution in [0.25, 0.3) is 11.1 Å². The largest absolute Gasteiger partial charge is 0.480 e. The van der Waals surface area contributed by atoms with Crippen molar-refractivity contribution in [3.63, 3.8) is 0 Å². The molecule has 3 aromatic carbocycles. The average Bonchev–Trinajstić information content (AvgIpc) is 3.50. The lowest BCUT2D eigenvalue weighted by molar-refractivity contribution is -0.135. The summed E-state index contributed by atoms with van der Waals surface area (Å²) < 4.78 is 10.9. The van der Waals surface area contributed by atoms with E-state index in [1.807, 2.05) is 49.4 Å². The number of rotatable bonds is 7. The van der Waals surface area contributed by atoms with Crippen molar-refractivity contribution in [3.05, 3.63) is 70.7 Å². The van der Waals surface area contributed by atoms with E-state index in [0.29, 0.717) is 27.9 Å². The van der Waals surface area contributed by atoms with Crippen molar-refractivity contribution < 1.29 is 25.6 Å². The fourth-order valence-electron chi connectivity index (χ4n) is 4.22. The summed E-state index contributed by atoms with van der Waals surface area (Å²) in [5.41, 5.74) is 4.44. The molecule has 1 aliphatic carbocycles. The van der Waals surface area contributed by atoms with Crippen molar-refractivity contribution in [3.8, 4) is 22.6 Å². The number of benzene rings is 3. The molecular formula is C26H25ClN2O5. The topological polar surface area (TPSA) is 96.9 Å². The van der Waals surface area contributed by atoms with Gasteiger partial charge in [-0.3, -0.25) is 9.59 Å². The number of fused-ring (bicyclic) bond motifs is 1. The Morgan fingerprint density at radius 1 is 1.06 bits per heavy atom. The lowest BCUT2D eigenvalue weighted by Crippen LogP contribution is -2.27. The van der Waals surface area contributed by atoms with Gasteiger partial charge in [0.1, 0.15) is 6.54 Å². The van der Waals surface area contributed by atoms with Crippen LogP contribution >= 0.6 is 11.6 Å². The van der Waals surface area contributed by atoms with E-state index < -0.39 is 11.4 Å². The van der Waals surface area contributed by atoms with E-state index in [1.54, 1.807) is 12.1 Å². The number of hydrogen-bond donors (Lipinski definition) is 3. The van der Waals surface area contributed by atoms with Crippen LogP contribution in [0.1, 0.15) is 25.4 Å². The first-order chi connectivity index (χ1) is 16.4. The minimum atomic E-state index is -0.964. The molecule has 1 fully saturated rings. The lowest BCUT2D eigenvalue weighted by atomic mass is 9.94. The van der Waals surface area contributed by atoms with Crippen LogP contribution < -0.4 is 20.1 Å². The smallest absolute Gasteiger partial charge is 0.322 e. The molecule has 0 atom stereocenters. The molecule has 2 aliphatic rings. The van der Waals surface area contributed by atoms with Crippen LogP contribution in [0.15, 0.2) is 54.6 Å². The highest BCUT2D eigenvalue weighted by Crippen LogP contribution is 2.51. The molecule has 0 aromatic heterocycles. The molecule has 1 aliphatic heterocycles. The SMILES string of the molecule is Cc1ccc(NC(=O)C2(c3ccc4c(c3)OCO4)CC2)cc1-c1ccc(NCC(=O)O)c(Cl)c1.[HH]. The number of aliphatic carboxylic acids is 1. The van der Waals surface area contributed by atoms with Crippen LogP contribution in [0, 0.1) is 6.92 Å². The van der Waals surface area contributed by atoms with Crippen LogP contribution in [-0.2, 0) is 15.0 Å². The van der Waals surface area contributed by atoms with E-state index in [9.17, 15) is 9.59 Å². The predicted molar refractivity (Wildman–Crippen MR) is 132 cm³/mol. The number of nitrogens with one attached hydrogen (secondary N) is 2. The van der Waals surface area contributed by atoms with Gasteiger partial charge < -0.3 is 25.2 Å². The van der Waals surface area contributed by atoms with E-state index in [-0.39, 0.29) is 20.7 Å². The Balaban J connectivity index is 0.00000289. The molecule has 0 saturated heterocycles. The number of carbonyl (C=O) groups excluding carboxylic acids is 1. The molecule has 1 saturated carbocycles. The molecule has 0 spiro atoms. The molecule has 5 rings (SSSR count). The molecule has 3 aromatic rings. The number of anilines is 2. The van der Waals surface area contributed by atoms with E-state index in [1.165, 1.54) is 0 Å². The maximum atomic E-state index is 13.3. The van der Waals surface area contributed by atoms with E-state index in [4.69, 9.17) is 26.2 Å². The molecule has 1 heterocycles. The highest BCUT2D eigenvalue weighted by molar-refractivity contribution is 6.33. The fourth-order valence-corrected chi connectivity index (χ4v) is 4.47. The summed E-state index contributed by atoms with van der Waals surface area (Å²) in [7, 11) is 0. The number of ether oxygens (including phenoxy) is 2. The predicted octanol–water partition coefficient (Wildman–Crippen LogP) is 5.46. The summed E-state index contributed by atoms with van der Waals surface area (Å²) in [5, 5.41) is 15.2. The molecule has 34 heavy (non-hydrogen) atoms. The number of aryl methyl sites for hydroxylation is 1. The second-order valence-electron chi connectivity index (χ2n) is 8.58. The third-order valence-corrected chi connectivity index (χ3v) is 6.63. The third kappa shape index (κ3) is 4.15. The Hall–Kier alpha value is -3.71. The van der Waals surface area contributed by atoms with Gasteiger partial charge in [0, 0.05) is 7.11 Å². The van der Waals surface area contributed by atoms with Crippen LogP contribution in [0.4, 0.5) is 11.4 Å². The third-order valence-electron chi connectivity index (χ3n) is 6.32. The lowest BCUT2D eigenvalue weighted by Gasteiger charge is -2.17. The van der Waals surface area contributed by atoms with Crippen molar-refractivity contribution in [2.45, 2.75) is 25.2 Å². The second kappa shape index (κ2) is 8.57. The molecule has 176 valence electrons. The zero-order valence-electron chi connectivity index (χ0n) is 18.5. The molecule has 0 unspecified atom stereocenters. The zero-order valence-corrected chi connectivity index (χ0v) is 19.2. The van der Waals surface area contributed by atoms with Crippen LogP contribution in [0.2, 0.25) is 5.02 Å².